The summed E-state index contributed by atoms with van der Waals surface area (Å²) in [6.45, 7) is 0.323. The zero-order chi connectivity index (χ0) is 15.5. The van der Waals surface area contributed by atoms with Gasteiger partial charge in [-0.2, -0.15) is 0 Å². The summed E-state index contributed by atoms with van der Waals surface area (Å²) in [5.74, 6) is -1.25. The second-order valence-corrected chi connectivity index (χ2v) is 6.21. The van der Waals surface area contributed by atoms with Gasteiger partial charge in [0.15, 0.2) is 0 Å². The minimum Gasteiger partial charge on any atom is -0.481 e. The van der Waals surface area contributed by atoms with Crippen molar-refractivity contribution in [1.82, 2.24) is 5.32 Å². The van der Waals surface area contributed by atoms with E-state index in [0.717, 1.165) is 19.3 Å². The number of hydrogen-bond donors (Lipinski definition) is 3. The van der Waals surface area contributed by atoms with Crippen molar-refractivity contribution < 1.29 is 19.1 Å². The van der Waals surface area contributed by atoms with Gasteiger partial charge in [0, 0.05) is 11.0 Å². The van der Waals surface area contributed by atoms with E-state index in [1.807, 2.05) is 0 Å². The maximum atomic E-state index is 13.0. The lowest BCUT2D eigenvalue weighted by Crippen LogP contribution is -2.44. The van der Waals surface area contributed by atoms with Crippen LogP contribution in [-0.2, 0) is 4.79 Å². The van der Waals surface area contributed by atoms with Crippen molar-refractivity contribution in [3.63, 3.8) is 0 Å². The molecule has 2 rings (SSSR count). The molecule has 21 heavy (non-hydrogen) atoms. The molecule has 0 aromatic heterocycles. The van der Waals surface area contributed by atoms with Crippen LogP contribution in [0.25, 0.3) is 0 Å². The fourth-order valence-corrected chi connectivity index (χ4v) is 2.89. The van der Waals surface area contributed by atoms with Crippen LogP contribution in [-0.4, -0.2) is 23.7 Å². The number of carbonyl (C=O) groups excluding carboxylic acids is 1. The Morgan fingerprint density at radius 3 is 2.62 bits per heavy atom. The lowest BCUT2D eigenvalue weighted by Gasteiger charge is -2.40. The van der Waals surface area contributed by atoms with Crippen LogP contribution in [0, 0.1) is 11.2 Å². The Morgan fingerprint density at radius 2 is 2.10 bits per heavy atom. The van der Waals surface area contributed by atoms with Crippen molar-refractivity contribution in [1.29, 1.82) is 0 Å². The summed E-state index contributed by atoms with van der Waals surface area (Å²) in [5, 5.41) is 14.2. The van der Waals surface area contributed by atoms with Crippen molar-refractivity contribution in [2.75, 3.05) is 11.9 Å². The number of carbonyl (C=O) groups is 2. The largest absolute Gasteiger partial charge is 0.481 e. The summed E-state index contributed by atoms with van der Waals surface area (Å²) < 4.78 is 13.4. The summed E-state index contributed by atoms with van der Waals surface area (Å²) in [5.41, 5.74) is 0.123. The molecule has 0 unspecified atom stereocenters. The van der Waals surface area contributed by atoms with E-state index in [0.29, 0.717) is 16.7 Å². The van der Waals surface area contributed by atoms with Crippen LogP contribution in [0.2, 0.25) is 0 Å². The zero-order valence-corrected chi connectivity index (χ0v) is 12.9. The standard InChI is InChI=1S/C14H16BrFN2O3/c15-10-6-9(16)2-3-11(10)18-13(21)17-8-14(4-1-5-14)7-12(19)20/h2-3,6H,1,4-5,7-8H2,(H,19,20)(H2,17,18,21). The van der Waals surface area contributed by atoms with Crippen molar-refractivity contribution in [3.05, 3.63) is 28.5 Å². The monoisotopic (exact) mass is 358 g/mol. The average Bonchev–Trinajstić information content (AvgIpc) is 2.35. The lowest BCUT2D eigenvalue weighted by atomic mass is 9.66. The van der Waals surface area contributed by atoms with Crippen LogP contribution in [0.5, 0.6) is 0 Å². The number of amides is 2. The van der Waals surface area contributed by atoms with Gasteiger partial charge in [-0.1, -0.05) is 6.42 Å². The summed E-state index contributed by atoms with van der Waals surface area (Å²) in [6, 6.07) is 3.53. The van der Waals surface area contributed by atoms with Crippen LogP contribution in [0.3, 0.4) is 0 Å². The van der Waals surface area contributed by atoms with E-state index in [2.05, 4.69) is 26.6 Å². The predicted octanol–water partition coefficient (Wildman–Crippen LogP) is 3.35. The molecule has 1 aliphatic rings. The van der Waals surface area contributed by atoms with Gasteiger partial charge in [0.2, 0.25) is 0 Å². The lowest BCUT2D eigenvalue weighted by molar-refractivity contribution is -0.141. The van der Waals surface area contributed by atoms with Crippen LogP contribution in [0.1, 0.15) is 25.7 Å². The second kappa shape index (κ2) is 6.43. The molecule has 2 amide bonds. The van der Waals surface area contributed by atoms with Gasteiger partial charge in [-0.25, -0.2) is 9.18 Å². The Kier molecular flexibility index (Phi) is 4.82. The minimum atomic E-state index is -0.849. The normalized spacial score (nSPS) is 15.9. The number of benzene rings is 1. The number of carboxylic acid groups (broad SMARTS) is 1. The highest BCUT2D eigenvalue weighted by Gasteiger charge is 2.39. The Labute approximate surface area is 130 Å². The molecule has 1 aromatic carbocycles. The third-order valence-corrected chi connectivity index (χ3v) is 4.40. The summed E-state index contributed by atoms with van der Waals surface area (Å²) in [6.07, 6.45) is 2.66. The summed E-state index contributed by atoms with van der Waals surface area (Å²) in [7, 11) is 0. The van der Waals surface area contributed by atoms with E-state index in [4.69, 9.17) is 5.11 Å². The fourth-order valence-electron chi connectivity index (χ4n) is 2.44. The summed E-state index contributed by atoms with van der Waals surface area (Å²) >= 11 is 3.16. The average molecular weight is 359 g/mol. The fraction of sp³-hybridized carbons (Fsp3) is 0.429. The van der Waals surface area contributed by atoms with Crippen molar-refractivity contribution in [2.24, 2.45) is 5.41 Å². The number of halogens is 2. The number of anilines is 1. The highest BCUT2D eigenvalue weighted by Crippen LogP contribution is 2.43. The van der Waals surface area contributed by atoms with Gasteiger partial charge in [0.25, 0.3) is 0 Å². The molecule has 0 aliphatic heterocycles. The first-order chi connectivity index (χ1) is 9.90. The van der Waals surface area contributed by atoms with Gasteiger partial charge in [-0.15, -0.1) is 0 Å². The zero-order valence-electron chi connectivity index (χ0n) is 11.3. The van der Waals surface area contributed by atoms with Crippen molar-refractivity contribution in [2.45, 2.75) is 25.7 Å². The molecule has 5 nitrogen and oxygen atoms in total. The number of aliphatic carboxylic acids is 1. The molecular weight excluding hydrogens is 343 g/mol. The first kappa shape index (κ1) is 15.8. The number of carboxylic acids is 1. The highest BCUT2D eigenvalue weighted by molar-refractivity contribution is 9.10. The molecule has 1 aromatic rings. The van der Waals surface area contributed by atoms with Gasteiger partial charge in [-0.3, -0.25) is 4.79 Å². The molecule has 0 heterocycles. The van der Waals surface area contributed by atoms with E-state index < -0.39 is 17.8 Å². The molecule has 1 saturated carbocycles. The first-order valence-corrected chi connectivity index (χ1v) is 7.41. The van der Waals surface area contributed by atoms with Crippen molar-refractivity contribution >= 4 is 33.6 Å². The molecule has 1 fully saturated rings. The molecule has 7 heteroatoms. The molecular formula is C14H16BrFN2O3. The molecule has 114 valence electrons. The third-order valence-electron chi connectivity index (χ3n) is 3.74. The highest BCUT2D eigenvalue weighted by atomic mass is 79.9. The van der Waals surface area contributed by atoms with Crippen LogP contribution < -0.4 is 10.6 Å². The Hall–Kier alpha value is -1.63. The van der Waals surface area contributed by atoms with Crippen LogP contribution in [0.15, 0.2) is 22.7 Å². The van der Waals surface area contributed by atoms with Gasteiger partial charge >= 0.3 is 12.0 Å². The summed E-state index contributed by atoms with van der Waals surface area (Å²) in [4.78, 5) is 22.7. The third kappa shape index (κ3) is 4.17. The van der Waals surface area contributed by atoms with Crippen LogP contribution >= 0.6 is 15.9 Å². The van der Waals surface area contributed by atoms with Crippen LogP contribution in [0.4, 0.5) is 14.9 Å². The number of urea groups is 1. The van der Waals surface area contributed by atoms with E-state index in [1.54, 1.807) is 0 Å². The number of hydrogen-bond acceptors (Lipinski definition) is 2. The molecule has 0 radical (unpaired) electrons. The maximum absolute atomic E-state index is 13.0. The molecule has 0 bridgehead atoms. The van der Waals surface area contributed by atoms with Crippen molar-refractivity contribution in [3.8, 4) is 0 Å². The Balaban J connectivity index is 1.88. The smallest absolute Gasteiger partial charge is 0.319 e. The molecule has 3 N–H and O–H groups in total. The quantitative estimate of drug-likeness (QED) is 0.754. The molecule has 0 atom stereocenters. The maximum Gasteiger partial charge on any atom is 0.319 e. The van der Waals surface area contributed by atoms with Gasteiger partial charge < -0.3 is 15.7 Å². The number of rotatable bonds is 5. The van der Waals surface area contributed by atoms with Gasteiger partial charge in [0.1, 0.15) is 5.82 Å². The predicted molar refractivity (Wildman–Crippen MR) is 79.7 cm³/mol. The molecule has 1 aliphatic carbocycles. The van der Waals surface area contributed by atoms with E-state index in [9.17, 15) is 14.0 Å². The SMILES string of the molecule is O=C(O)CC1(CNC(=O)Nc2ccc(F)cc2Br)CCC1. The van der Waals surface area contributed by atoms with E-state index in [1.165, 1.54) is 18.2 Å². The van der Waals surface area contributed by atoms with Gasteiger partial charge in [0.05, 0.1) is 12.1 Å². The van der Waals surface area contributed by atoms with E-state index in [-0.39, 0.29) is 11.8 Å². The first-order valence-electron chi connectivity index (χ1n) is 6.62. The van der Waals surface area contributed by atoms with E-state index >= 15 is 0 Å². The molecule has 0 spiro atoms. The minimum absolute atomic E-state index is 0.0630. The number of nitrogens with one attached hydrogen (secondary N) is 2. The molecule has 0 saturated heterocycles. The Bertz CT molecular complexity index is 561. The Morgan fingerprint density at radius 1 is 1.38 bits per heavy atom. The second-order valence-electron chi connectivity index (χ2n) is 5.36. The topological polar surface area (TPSA) is 78.4 Å². The van der Waals surface area contributed by atoms with Gasteiger partial charge in [-0.05, 0) is 52.4 Å².